The van der Waals surface area contributed by atoms with Gasteiger partial charge in [-0.15, -0.1) is 0 Å². The van der Waals surface area contributed by atoms with E-state index in [9.17, 15) is 9.18 Å². The van der Waals surface area contributed by atoms with Gasteiger partial charge in [0.1, 0.15) is 11.6 Å². The number of ketones is 1. The molecule has 2 aliphatic rings. The predicted octanol–water partition coefficient (Wildman–Crippen LogP) is 4.04. The van der Waals surface area contributed by atoms with Crippen molar-refractivity contribution in [1.82, 2.24) is 4.98 Å². The molecule has 1 saturated heterocycles. The molecule has 0 aliphatic carbocycles. The lowest BCUT2D eigenvalue weighted by molar-refractivity contribution is -0.123. The fourth-order valence-electron chi connectivity index (χ4n) is 4.49. The lowest BCUT2D eigenvalue weighted by atomic mass is 9.84. The lowest BCUT2D eigenvalue weighted by Gasteiger charge is -2.34. The number of anilines is 1. The van der Waals surface area contributed by atoms with E-state index < -0.39 is 0 Å². The zero-order valence-electron chi connectivity index (χ0n) is 17.6. The summed E-state index contributed by atoms with van der Waals surface area (Å²) in [5.41, 5.74) is 2.63. The van der Waals surface area contributed by atoms with Crippen LogP contribution in [0.25, 0.3) is 6.08 Å². The largest absolute Gasteiger partial charge is 0.371 e. The summed E-state index contributed by atoms with van der Waals surface area (Å²) < 4.78 is 18.7. The number of rotatable bonds is 6. The van der Waals surface area contributed by atoms with Crippen molar-refractivity contribution in [3.8, 4) is 0 Å². The van der Waals surface area contributed by atoms with E-state index in [2.05, 4.69) is 33.3 Å². The van der Waals surface area contributed by atoms with Gasteiger partial charge in [0.05, 0.1) is 0 Å². The first-order valence-corrected chi connectivity index (χ1v) is 11.6. The predicted molar refractivity (Wildman–Crippen MR) is 121 cm³/mol. The van der Waals surface area contributed by atoms with E-state index >= 15 is 0 Å². The van der Waals surface area contributed by atoms with Gasteiger partial charge in [0.2, 0.25) is 0 Å². The molecule has 4 rings (SSSR count). The summed E-state index contributed by atoms with van der Waals surface area (Å²) in [6.45, 7) is 5.86. The van der Waals surface area contributed by atoms with Crippen LogP contribution in [0.2, 0.25) is 0 Å². The van der Waals surface area contributed by atoms with Crippen LogP contribution >= 0.6 is 11.9 Å². The number of pyridine rings is 1. The van der Waals surface area contributed by atoms with Crippen LogP contribution in [0.15, 0.2) is 40.9 Å². The highest BCUT2D eigenvalue weighted by molar-refractivity contribution is 7.98. The van der Waals surface area contributed by atoms with Crippen molar-refractivity contribution in [3.05, 3.63) is 58.6 Å². The van der Waals surface area contributed by atoms with Gasteiger partial charge in [-0.25, -0.2) is 9.37 Å². The van der Waals surface area contributed by atoms with Crippen molar-refractivity contribution in [1.29, 1.82) is 0 Å². The zero-order chi connectivity index (χ0) is 21.1. The minimum Gasteiger partial charge on any atom is -0.371 e. The van der Waals surface area contributed by atoms with Gasteiger partial charge in [-0.2, -0.15) is 4.40 Å². The molecule has 0 saturated carbocycles. The summed E-state index contributed by atoms with van der Waals surface area (Å²) in [5, 5.41) is 1.45. The SMILES string of the molecule is CCC(CC(=O)C1CCN(c2ccnc3c2=CC(C)SN=3)CC1)c1ccccc1F. The fourth-order valence-corrected chi connectivity index (χ4v) is 5.10. The first-order chi connectivity index (χ1) is 14.6. The standard InChI is InChI=1S/C24H28FN3OS/c1-3-17(19-6-4-5-7-21(19)25)15-23(29)18-9-12-28(13-10-18)22-8-11-26-24-20(22)14-16(2)30-27-24/h4-8,11,14,16-18H,3,9-10,12-13,15H2,1-2H3. The second-order valence-corrected chi connectivity index (χ2v) is 9.33. The second kappa shape index (κ2) is 9.29. The molecule has 2 atom stereocenters. The number of nitrogens with zero attached hydrogens (tertiary/aromatic N) is 3. The van der Waals surface area contributed by atoms with Crippen molar-refractivity contribution in [2.75, 3.05) is 18.0 Å². The van der Waals surface area contributed by atoms with Crippen molar-refractivity contribution in [2.24, 2.45) is 10.3 Å². The molecule has 30 heavy (non-hydrogen) atoms. The summed E-state index contributed by atoms with van der Waals surface area (Å²) in [7, 11) is 0. The Hall–Kier alpha value is -2.21. The molecule has 0 N–H and O–H groups in total. The molecule has 2 unspecified atom stereocenters. The second-order valence-electron chi connectivity index (χ2n) is 8.19. The van der Waals surface area contributed by atoms with Gasteiger partial charge in [0.25, 0.3) is 0 Å². The highest BCUT2D eigenvalue weighted by Crippen LogP contribution is 2.30. The Morgan fingerprint density at radius 1 is 1.27 bits per heavy atom. The fraction of sp³-hybridized carbons (Fsp3) is 0.458. The van der Waals surface area contributed by atoms with Gasteiger partial charge >= 0.3 is 0 Å². The molecule has 3 heterocycles. The van der Waals surface area contributed by atoms with E-state index in [0.29, 0.717) is 17.2 Å². The Morgan fingerprint density at radius 2 is 2.03 bits per heavy atom. The van der Waals surface area contributed by atoms with Gasteiger partial charge in [-0.1, -0.05) is 31.2 Å². The van der Waals surface area contributed by atoms with Crippen LogP contribution in [0.3, 0.4) is 0 Å². The van der Waals surface area contributed by atoms with E-state index in [-0.39, 0.29) is 23.4 Å². The number of benzene rings is 1. The van der Waals surface area contributed by atoms with E-state index in [0.717, 1.165) is 43.1 Å². The summed E-state index contributed by atoms with van der Waals surface area (Å²) >= 11 is 1.54. The molecule has 158 valence electrons. The smallest absolute Gasteiger partial charge is 0.168 e. The molecule has 0 bridgehead atoms. The topological polar surface area (TPSA) is 45.6 Å². The molecule has 1 aromatic carbocycles. The molecular formula is C24H28FN3OS. The third-order valence-corrected chi connectivity index (χ3v) is 6.98. The normalized spacial score (nSPS) is 20.1. The first-order valence-electron chi connectivity index (χ1n) is 10.8. The number of piperidine rings is 1. The summed E-state index contributed by atoms with van der Waals surface area (Å²) in [4.78, 5) is 19.8. The molecule has 0 spiro atoms. The lowest BCUT2D eigenvalue weighted by Crippen LogP contribution is -2.43. The van der Waals surface area contributed by atoms with Crippen molar-refractivity contribution in [3.63, 3.8) is 0 Å². The third-order valence-electron chi connectivity index (χ3n) is 6.23. The maximum atomic E-state index is 14.2. The number of carbonyl (C=O) groups is 1. The molecule has 1 fully saturated rings. The van der Waals surface area contributed by atoms with E-state index in [1.54, 1.807) is 18.0 Å². The van der Waals surface area contributed by atoms with Crippen LogP contribution in [0.1, 0.15) is 51.0 Å². The van der Waals surface area contributed by atoms with Crippen LogP contribution in [-0.4, -0.2) is 29.1 Å². The van der Waals surface area contributed by atoms with Crippen molar-refractivity contribution < 1.29 is 9.18 Å². The minimum absolute atomic E-state index is 0.0425. The van der Waals surface area contributed by atoms with E-state index in [1.807, 2.05) is 25.3 Å². The number of Topliss-reactive ketones (excluding diaryl/α,β-unsaturated/α-hetero) is 1. The highest BCUT2D eigenvalue weighted by atomic mass is 32.2. The average molecular weight is 426 g/mol. The molecule has 6 heteroatoms. The van der Waals surface area contributed by atoms with Gasteiger partial charge < -0.3 is 4.90 Å². The van der Waals surface area contributed by atoms with Gasteiger partial charge in [-0.3, -0.25) is 4.79 Å². The minimum atomic E-state index is -0.205. The van der Waals surface area contributed by atoms with Crippen LogP contribution < -0.4 is 15.6 Å². The Morgan fingerprint density at radius 3 is 2.77 bits per heavy atom. The Labute approximate surface area is 181 Å². The number of halogens is 1. The molecule has 4 nitrogen and oxygen atoms in total. The van der Waals surface area contributed by atoms with Gasteiger partial charge in [0.15, 0.2) is 5.49 Å². The van der Waals surface area contributed by atoms with E-state index in [1.165, 1.54) is 11.8 Å². The Kier molecular flexibility index (Phi) is 6.52. The van der Waals surface area contributed by atoms with Crippen LogP contribution in [0, 0.1) is 11.7 Å². The van der Waals surface area contributed by atoms with E-state index in [4.69, 9.17) is 0 Å². The quantitative estimate of drug-likeness (QED) is 0.656. The number of aromatic nitrogens is 1. The maximum absolute atomic E-state index is 14.2. The number of carbonyl (C=O) groups excluding carboxylic acids is 1. The monoisotopic (exact) mass is 425 g/mol. The molecular weight excluding hydrogens is 397 g/mol. The molecule has 2 aliphatic heterocycles. The number of hydrogen-bond donors (Lipinski definition) is 0. The molecule has 0 amide bonds. The average Bonchev–Trinajstić information content (AvgIpc) is 2.77. The Bertz CT molecular complexity index is 1030. The molecule has 2 aromatic rings. The molecule has 1 aromatic heterocycles. The zero-order valence-corrected chi connectivity index (χ0v) is 18.4. The van der Waals surface area contributed by atoms with Crippen molar-refractivity contribution in [2.45, 2.75) is 50.7 Å². The third kappa shape index (κ3) is 4.43. The summed E-state index contributed by atoms with van der Waals surface area (Å²) in [6.07, 6.45) is 6.92. The maximum Gasteiger partial charge on any atom is 0.168 e. The van der Waals surface area contributed by atoms with Crippen LogP contribution in [-0.2, 0) is 4.79 Å². The van der Waals surface area contributed by atoms with Gasteiger partial charge in [0, 0.05) is 47.8 Å². The summed E-state index contributed by atoms with van der Waals surface area (Å²) in [5.74, 6) is 0.0820. The van der Waals surface area contributed by atoms with Crippen LogP contribution in [0.5, 0.6) is 0 Å². The summed E-state index contributed by atoms with van der Waals surface area (Å²) in [6, 6.07) is 8.90. The van der Waals surface area contributed by atoms with Crippen LogP contribution in [0.4, 0.5) is 10.1 Å². The first kappa shape index (κ1) is 21.0. The number of fused-ring (bicyclic) bond motifs is 1. The van der Waals surface area contributed by atoms with Gasteiger partial charge in [-0.05, 0) is 61.7 Å². The number of hydrogen-bond acceptors (Lipinski definition) is 5. The Balaban J connectivity index is 1.42. The molecule has 0 radical (unpaired) electrons. The highest BCUT2D eigenvalue weighted by Gasteiger charge is 2.28. The van der Waals surface area contributed by atoms with Crippen molar-refractivity contribution >= 4 is 29.5 Å².